The second-order valence-electron chi connectivity index (χ2n) is 4.44. The van der Waals surface area contributed by atoms with Crippen LogP contribution in [0.2, 0.25) is 10.0 Å². The third-order valence-electron chi connectivity index (χ3n) is 2.82. The van der Waals surface area contributed by atoms with Gasteiger partial charge in [0.05, 0.1) is 16.7 Å². The molecule has 0 aliphatic carbocycles. The minimum atomic E-state index is 0.575. The topological polar surface area (TPSA) is 21.3 Å². The maximum atomic E-state index is 6.16. The van der Waals surface area contributed by atoms with Gasteiger partial charge in [0.15, 0.2) is 0 Å². The van der Waals surface area contributed by atoms with Gasteiger partial charge in [0.2, 0.25) is 0 Å². The molecule has 0 saturated heterocycles. The van der Waals surface area contributed by atoms with Crippen LogP contribution in [0.15, 0.2) is 42.5 Å². The van der Waals surface area contributed by atoms with E-state index in [0.717, 1.165) is 30.0 Å². The van der Waals surface area contributed by atoms with Gasteiger partial charge in [-0.1, -0.05) is 48.3 Å². The average molecular weight is 310 g/mol. The number of hydrogen-bond donors (Lipinski definition) is 1. The van der Waals surface area contributed by atoms with Crippen molar-refractivity contribution >= 4 is 28.9 Å². The fraction of sp³-hybridized carbons (Fsp3) is 0.250. The van der Waals surface area contributed by atoms with E-state index < -0.39 is 0 Å². The van der Waals surface area contributed by atoms with Crippen LogP contribution in [0.3, 0.4) is 0 Å². The minimum Gasteiger partial charge on any atom is -0.494 e. The first-order chi connectivity index (χ1) is 9.70. The van der Waals surface area contributed by atoms with Gasteiger partial charge in [-0.25, -0.2) is 0 Å². The second kappa shape index (κ2) is 7.41. The van der Waals surface area contributed by atoms with Gasteiger partial charge in [0.25, 0.3) is 0 Å². The predicted octanol–water partition coefficient (Wildman–Crippen LogP) is 5.39. The Labute approximate surface area is 129 Å². The molecule has 0 heterocycles. The molecule has 0 aliphatic heterocycles. The lowest BCUT2D eigenvalue weighted by atomic mass is 10.2. The van der Waals surface area contributed by atoms with Crippen LogP contribution >= 0.6 is 23.2 Å². The Kier molecular flexibility index (Phi) is 5.57. The van der Waals surface area contributed by atoms with E-state index in [1.807, 2.05) is 36.4 Å². The lowest BCUT2D eigenvalue weighted by Gasteiger charge is -2.11. The molecule has 0 radical (unpaired) electrons. The van der Waals surface area contributed by atoms with Gasteiger partial charge in [-0.2, -0.15) is 0 Å². The maximum Gasteiger partial charge on any atom is 0.121 e. The highest BCUT2D eigenvalue weighted by molar-refractivity contribution is 6.42. The van der Waals surface area contributed by atoms with Crippen molar-refractivity contribution in [1.29, 1.82) is 0 Å². The fourth-order valence-electron chi connectivity index (χ4n) is 1.80. The average Bonchev–Trinajstić information content (AvgIpc) is 2.47. The van der Waals surface area contributed by atoms with E-state index >= 15 is 0 Å². The minimum absolute atomic E-state index is 0.575. The van der Waals surface area contributed by atoms with Crippen LogP contribution in [0.1, 0.15) is 18.9 Å². The van der Waals surface area contributed by atoms with E-state index in [-0.39, 0.29) is 0 Å². The number of benzene rings is 2. The van der Waals surface area contributed by atoms with Crippen molar-refractivity contribution in [3.63, 3.8) is 0 Å². The van der Waals surface area contributed by atoms with E-state index in [4.69, 9.17) is 27.9 Å². The zero-order chi connectivity index (χ0) is 14.4. The van der Waals surface area contributed by atoms with Gasteiger partial charge in [0, 0.05) is 18.3 Å². The van der Waals surface area contributed by atoms with Crippen LogP contribution < -0.4 is 10.1 Å². The van der Waals surface area contributed by atoms with Crippen molar-refractivity contribution in [2.45, 2.75) is 19.9 Å². The molecule has 4 heteroatoms. The highest BCUT2D eigenvalue weighted by atomic mass is 35.5. The SMILES string of the molecule is CCCOc1cccc(NCc2cccc(Cl)c2Cl)c1. The summed E-state index contributed by atoms with van der Waals surface area (Å²) >= 11 is 12.2. The molecule has 0 spiro atoms. The van der Waals surface area contributed by atoms with Crippen molar-refractivity contribution in [1.82, 2.24) is 0 Å². The Morgan fingerprint density at radius 3 is 2.70 bits per heavy atom. The lowest BCUT2D eigenvalue weighted by molar-refractivity contribution is 0.317. The number of rotatable bonds is 6. The van der Waals surface area contributed by atoms with E-state index in [1.165, 1.54) is 0 Å². The molecule has 0 atom stereocenters. The fourth-order valence-corrected chi connectivity index (χ4v) is 2.18. The second-order valence-corrected chi connectivity index (χ2v) is 5.23. The van der Waals surface area contributed by atoms with Crippen molar-refractivity contribution in [3.05, 3.63) is 58.1 Å². The summed E-state index contributed by atoms with van der Waals surface area (Å²) in [7, 11) is 0. The first kappa shape index (κ1) is 15.0. The Hall–Kier alpha value is -1.38. The zero-order valence-electron chi connectivity index (χ0n) is 11.3. The van der Waals surface area contributed by atoms with Crippen LogP contribution in [0.25, 0.3) is 0 Å². The van der Waals surface area contributed by atoms with Crippen LogP contribution in [-0.4, -0.2) is 6.61 Å². The molecule has 0 saturated carbocycles. The van der Waals surface area contributed by atoms with Crippen molar-refractivity contribution in [3.8, 4) is 5.75 Å². The number of ether oxygens (including phenoxy) is 1. The molecule has 2 aromatic rings. The highest BCUT2D eigenvalue weighted by Gasteiger charge is 2.04. The van der Waals surface area contributed by atoms with Gasteiger partial charge in [-0.3, -0.25) is 0 Å². The summed E-state index contributed by atoms with van der Waals surface area (Å²) in [5, 5.41) is 4.49. The Morgan fingerprint density at radius 1 is 1.10 bits per heavy atom. The van der Waals surface area contributed by atoms with Crippen molar-refractivity contribution in [2.75, 3.05) is 11.9 Å². The van der Waals surface area contributed by atoms with E-state index in [0.29, 0.717) is 16.6 Å². The standard InChI is InChI=1S/C16H17Cl2NO/c1-2-9-20-14-7-4-6-13(10-14)19-11-12-5-3-8-15(17)16(12)18/h3-8,10,19H,2,9,11H2,1H3. The molecule has 0 unspecified atom stereocenters. The summed E-state index contributed by atoms with van der Waals surface area (Å²) in [4.78, 5) is 0. The normalized spacial score (nSPS) is 10.3. The molecule has 0 aromatic heterocycles. The molecule has 0 aliphatic rings. The summed E-state index contributed by atoms with van der Waals surface area (Å²) in [6.45, 7) is 3.43. The third-order valence-corrected chi connectivity index (χ3v) is 3.68. The van der Waals surface area contributed by atoms with Crippen LogP contribution in [0.4, 0.5) is 5.69 Å². The number of nitrogens with one attached hydrogen (secondary N) is 1. The van der Waals surface area contributed by atoms with E-state index in [9.17, 15) is 0 Å². The first-order valence-electron chi connectivity index (χ1n) is 6.60. The zero-order valence-corrected chi connectivity index (χ0v) is 12.8. The molecule has 1 N–H and O–H groups in total. The van der Waals surface area contributed by atoms with E-state index in [1.54, 1.807) is 6.07 Å². The Balaban J connectivity index is 2.01. The largest absolute Gasteiger partial charge is 0.494 e. The van der Waals surface area contributed by atoms with Gasteiger partial charge in [-0.05, 0) is 30.2 Å². The van der Waals surface area contributed by atoms with Crippen LogP contribution in [0.5, 0.6) is 5.75 Å². The van der Waals surface area contributed by atoms with Crippen LogP contribution in [-0.2, 0) is 6.54 Å². The molecule has 0 bridgehead atoms. The molecular weight excluding hydrogens is 293 g/mol. The summed E-state index contributed by atoms with van der Waals surface area (Å²) in [5.41, 5.74) is 1.97. The van der Waals surface area contributed by atoms with Crippen LogP contribution in [0, 0.1) is 0 Å². The number of halogens is 2. The quantitative estimate of drug-likeness (QED) is 0.772. The van der Waals surface area contributed by atoms with E-state index in [2.05, 4.69) is 12.2 Å². The predicted molar refractivity (Wildman–Crippen MR) is 86.0 cm³/mol. The molecule has 2 aromatic carbocycles. The molecule has 20 heavy (non-hydrogen) atoms. The highest BCUT2D eigenvalue weighted by Crippen LogP contribution is 2.26. The summed E-state index contributed by atoms with van der Waals surface area (Å²) in [6, 6.07) is 13.5. The van der Waals surface area contributed by atoms with Crippen molar-refractivity contribution < 1.29 is 4.74 Å². The molecule has 106 valence electrons. The number of hydrogen-bond acceptors (Lipinski definition) is 2. The Bertz CT molecular complexity index is 572. The molecule has 2 rings (SSSR count). The summed E-state index contributed by atoms with van der Waals surface area (Å²) in [6.07, 6.45) is 0.996. The molecule has 2 nitrogen and oxygen atoms in total. The van der Waals surface area contributed by atoms with Gasteiger partial charge in [-0.15, -0.1) is 0 Å². The monoisotopic (exact) mass is 309 g/mol. The van der Waals surface area contributed by atoms with Gasteiger partial charge < -0.3 is 10.1 Å². The maximum absolute atomic E-state index is 6.16. The Morgan fingerprint density at radius 2 is 1.90 bits per heavy atom. The van der Waals surface area contributed by atoms with Gasteiger partial charge in [0.1, 0.15) is 5.75 Å². The molecule has 0 fully saturated rings. The summed E-state index contributed by atoms with van der Waals surface area (Å²) in [5.74, 6) is 0.869. The van der Waals surface area contributed by atoms with Crippen molar-refractivity contribution in [2.24, 2.45) is 0 Å². The number of anilines is 1. The third kappa shape index (κ3) is 4.06. The summed E-state index contributed by atoms with van der Waals surface area (Å²) < 4.78 is 5.60. The smallest absolute Gasteiger partial charge is 0.121 e. The molecule has 0 amide bonds. The first-order valence-corrected chi connectivity index (χ1v) is 7.36. The van der Waals surface area contributed by atoms with Gasteiger partial charge >= 0.3 is 0 Å². The lowest BCUT2D eigenvalue weighted by Crippen LogP contribution is -2.01. The molecular formula is C16H17Cl2NO.